The lowest BCUT2D eigenvalue weighted by atomic mass is 10.2. The first-order valence-corrected chi connectivity index (χ1v) is 7.81. The molecule has 5 heteroatoms. The standard InChI is InChI=1S/C11H14O3S2/c12-16(13,11-4-2-1-3-5-11)14-10-6-8-15-9-7-10/h1-5,10H,6-9H2. The summed E-state index contributed by atoms with van der Waals surface area (Å²) < 4.78 is 29.0. The SMILES string of the molecule is O=S(=O)(OC1CCSCC1)c1ccccc1. The van der Waals surface area contributed by atoms with Crippen LogP contribution >= 0.6 is 11.8 Å². The van der Waals surface area contributed by atoms with Gasteiger partial charge in [-0.2, -0.15) is 20.2 Å². The summed E-state index contributed by atoms with van der Waals surface area (Å²) in [6.45, 7) is 0. The molecule has 1 fully saturated rings. The molecule has 1 saturated heterocycles. The van der Waals surface area contributed by atoms with Gasteiger partial charge in [0.25, 0.3) is 10.1 Å². The van der Waals surface area contributed by atoms with Crippen molar-refractivity contribution >= 4 is 21.9 Å². The highest BCUT2D eigenvalue weighted by atomic mass is 32.2. The van der Waals surface area contributed by atoms with Crippen LogP contribution in [0.1, 0.15) is 12.8 Å². The summed E-state index contributed by atoms with van der Waals surface area (Å²) in [7, 11) is -3.57. The largest absolute Gasteiger partial charge is 0.297 e. The number of hydrogen-bond donors (Lipinski definition) is 0. The Kier molecular flexibility index (Phi) is 3.89. The van der Waals surface area contributed by atoms with E-state index in [2.05, 4.69) is 0 Å². The van der Waals surface area contributed by atoms with Gasteiger partial charge in [0.05, 0.1) is 11.0 Å². The summed E-state index contributed by atoms with van der Waals surface area (Å²) >= 11 is 1.85. The molecule has 2 rings (SSSR count). The summed E-state index contributed by atoms with van der Waals surface area (Å²) in [5, 5.41) is 0. The molecule has 0 unspecified atom stereocenters. The summed E-state index contributed by atoms with van der Waals surface area (Å²) in [5.41, 5.74) is 0. The van der Waals surface area contributed by atoms with Crippen LogP contribution in [0.4, 0.5) is 0 Å². The van der Waals surface area contributed by atoms with E-state index in [0.717, 1.165) is 24.3 Å². The van der Waals surface area contributed by atoms with Crippen LogP contribution in [0.5, 0.6) is 0 Å². The number of thioether (sulfide) groups is 1. The third-order valence-electron chi connectivity index (χ3n) is 2.46. The van der Waals surface area contributed by atoms with Crippen molar-refractivity contribution in [1.29, 1.82) is 0 Å². The summed E-state index contributed by atoms with van der Waals surface area (Å²) in [4.78, 5) is 0.244. The van der Waals surface area contributed by atoms with E-state index in [-0.39, 0.29) is 11.0 Å². The zero-order chi connectivity index (χ0) is 11.4. The Hall–Kier alpha value is -0.520. The molecule has 88 valence electrons. The molecule has 0 aromatic heterocycles. The van der Waals surface area contributed by atoms with Gasteiger partial charge in [0.1, 0.15) is 0 Å². The molecule has 0 N–H and O–H groups in total. The van der Waals surface area contributed by atoms with Gasteiger partial charge < -0.3 is 0 Å². The average molecular weight is 258 g/mol. The van der Waals surface area contributed by atoms with Gasteiger partial charge in [-0.1, -0.05) is 18.2 Å². The number of benzene rings is 1. The molecule has 0 amide bonds. The Morgan fingerprint density at radius 1 is 1.12 bits per heavy atom. The van der Waals surface area contributed by atoms with Crippen molar-refractivity contribution in [2.75, 3.05) is 11.5 Å². The molecule has 1 aromatic rings. The molecule has 1 aliphatic rings. The molecular weight excluding hydrogens is 244 g/mol. The van der Waals surface area contributed by atoms with Crippen LogP contribution in [-0.2, 0) is 14.3 Å². The lowest BCUT2D eigenvalue weighted by Gasteiger charge is -2.21. The van der Waals surface area contributed by atoms with Gasteiger partial charge in [0.2, 0.25) is 0 Å². The molecule has 1 aliphatic heterocycles. The van der Waals surface area contributed by atoms with Crippen molar-refractivity contribution in [3.63, 3.8) is 0 Å². The molecule has 0 saturated carbocycles. The lowest BCUT2D eigenvalue weighted by Crippen LogP contribution is -2.23. The van der Waals surface area contributed by atoms with Crippen LogP contribution in [-0.4, -0.2) is 26.0 Å². The van der Waals surface area contributed by atoms with Crippen molar-refractivity contribution < 1.29 is 12.6 Å². The lowest BCUT2D eigenvalue weighted by molar-refractivity contribution is 0.200. The van der Waals surface area contributed by atoms with Crippen molar-refractivity contribution in [3.8, 4) is 0 Å². The third kappa shape index (κ3) is 2.99. The fourth-order valence-corrected chi connectivity index (χ4v) is 3.81. The van der Waals surface area contributed by atoms with Crippen molar-refractivity contribution in [1.82, 2.24) is 0 Å². The maximum atomic E-state index is 11.9. The molecule has 0 radical (unpaired) electrons. The van der Waals surface area contributed by atoms with E-state index in [9.17, 15) is 8.42 Å². The Morgan fingerprint density at radius 2 is 1.75 bits per heavy atom. The van der Waals surface area contributed by atoms with Gasteiger partial charge >= 0.3 is 0 Å². The second-order valence-electron chi connectivity index (χ2n) is 3.68. The molecule has 0 atom stereocenters. The predicted octanol–water partition coefficient (Wildman–Crippen LogP) is 2.29. The molecule has 3 nitrogen and oxygen atoms in total. The van der Waals surface area contributed by atoms with Crippen LogP contribution in [0.2, 0.25) is 0 Å². The quantitative estimate of drug-likeness (QED) is 0.780. The van der Waals surface area contributed by atoms with Gasteiger partial charge in [0.15, 0.2) is 0 Å². The number of rotatable bonds is 3. The van der Waals surface area contributed by atoms with E-state index in [0.29, 0.717) is 0 Å². The van der Waals surface area contributed by atoms with Crippen LogP contribution in [0.15, 0.2) is 35.2 Å². The normalized spacial score (nSPS) is 18.5. The van der Waals surface area contributed by atoms with Crippen LogP contribution in [0.3, 0.4) is 0 Å². The third-order valence-corrected chi connectivity index (χ3v) is 4.89. The highest BCUT2D eigenvalue weighted by Gasteiger charge is 2.23. The van der Waals surface area contributed by atoms with Gasteiger partial charge in [-0.05, 0) is 36.5 Å². The van der Waals surface area contributed by atoms with Gasteiger partial charge in [0, 0.05) is 0 Å². The fourth-order valence-electron chi connectivity index (χ4n) is 1.59. The molecule has 1 heterocycles. The molecule has 1 aromatic carbocycles. The van der Waals surface area contributed by atoms with Crippen molar-refractivity contribution in [2.24, 2.45) is 0 Å². The minimum Gasteiger partial charge on any atom is -0.263 e. The van der Waals surface area contributed by atoms with E-state index in [1.54, 1.807) is 30.3 Å². The molecule has 0 bridgehead atoms. The zero-order valence-electron chi connectivity index (χ0n) is 8.83. The number of hydrogen-bond acceptors (Lipinski definition) is 4. The first-order valence-electron chi connectivity index (χ1n) is 5.24. The second kappa shape index (κ2) is 5.21. The zero-order valence-corrected chi connectivity index (χ0v) is 10.5. The maximum Gasteiger partial charge on any atom is 0.297 e. The highest BCUT2D eigenvalue weighted by molar-refractivity contribution is 7.99. The molecular formula is C11H14O3S2. The molecule has 16 heavy (non-hydrogen) atoms. The van der Waals surface area contributed by atoms with Crippen LogP contribution < -0.4 is 0 Å². The highest BCUT2D eigenvalue weighted by Crippen LogP contribution is 2.23. The maximum absolute atomic E-state index is 11.9. The van der Waals surface area contributed by atoms with Gasteiger partial charge in [-0.3, -0.25) is 4.18 Å². The van der Waals surface area contributed by atoms with Gasteiger partial charge in [-0.25, -0.2) is 0 Å². The molecule has 0 spiro atoms. The smallest absolute Gasteiger partial charge is 0.263 e. The Balaban J connectivity index is 2.08. The second-order valence-corrected chi connectivity index (χ2v) is 6.47. The Morgan fingerprint density at radius 3 is 2.38 bits per heavy atom. The van der Waals surface area contributed by atoms with E-state index >= 15 is 0 Å². The van der Waals surface area contributed by atoms with Crippen molar-refractivity contribution in [3.05, 3.63) is 30.3 Å². The summed E-state index contributed by atoms with van der Waals surface area (Å²) in [5.74, 6) is 1.96. The average Bonchev–Trinajstić information content (AvgIpc) is 2.31. The minimum atomic E-state index is -3.57. The monoisotopic (exact) mass is 258 g/mol. The first-order chi connectivity index (χ1) is 7.68. The Bertz CT molecular complexity index is 422. The van der Waals surface area contributed by atoms with E-state index < -0.39 is 10.1 Å². The topological polar surface area (TPSA) is 43.4 Å². The van der Waals surface area contributed by atoms with E-state index in [1.807, 2.05) is 11.8 Å². The van der Waals surface area contributed by atoms with E-state index in [1.165, 1.54) is 0 Å². The molecule has 0 aliphatic carbocycles. The first kappa shape index (κ1) is 12.0. The van der Waals surface area contributed by atoms with Crippen LogP contribution in [0, 0.1) is 0 Å². The summed E-state index contributed by atoms with van der Waals surface area (Å²) in [6.07, 6.45) is 1.49. The summed E-state index contributed by atoms with van der Waals surface area (Å²) in [6, 6.07) is 8.32. The van der Waals surface area contributed by atoms with E-state index in [4.69, 9.17) is 4.18 Å². The Labute approximate surface area is 100 Å². The van der Waals surface area contributed by atoms with Crippen molar-refractivity contribution in [2.45, 2.75) is 23.8 Å². The predicted molar refractivity (Wildman–Crippen MR) is 65.1 cm³/mol. The van der Waals surface area contributed by atoms with Crippen LogP contribution in [0.25, 0.3) is 0 Å². The minimum absolute atomic E-state index is 0.147. The fraction of sp³-hybridized carbons (Fsp3) is 0.455. The van der Waals surface area contributed by atoms with Gasteiger partial charge in [-0.15, -0.1) is 0 Å².